The van der Waals surface area contributed by atoms with Crippen LogP contribution in [0.3, 0.4) is 0 Å². The van der Waals surface area contributed by atoms with E-state index in [1.165, 1.54) is 24.8 Å². The first-order valence-electron chi connectivity index (χ1n) is 7.12. The van der Waals surface area contributed by atoms with Crippen LogP contribution in [0.1, 0.15) is 13.8 Å². The zero-order valence-electron chi connectivity index (χ0n) is 13.3. The summed E-state index contributed by atoms with van der Waals surface area (Å²) in [5.41, 5.74) is 1.26. The Balaban J connectivity index is 1.72. The predicted molar refractivity (Wildman–Crippen MR) is 82.2 cm³/mol. The summed E-state index contributed by atoms with van der Waals surface area (Å²) in [7, 11) is 1.68. The number of aryl methyl sites for hydroxylation is 1. The standard InChI is InChI=1S/C15H15N5O4/c1-15(2)23-13(21)11(14(22)24-15)8-16-10-6-4-9(5-7-10)12-17-19-20(3)18-12/h4-8,16H,1-3H3. The van der Waals surface area contributed by atoms with Crippen LogP contribution in [-0.2, 0) is 26.1 Å². The average Bonchev–Trinajstić information content (AvgIpc) is 2.92. The van der Waals surface area contributed by atoms with E-state index in [4.69, 9.17) is 9.47 Å². The van der Waals surface area contributed by atoms with E-state index in [2.05, 4.69) is 20.7 Å². The SMILES string of the molecule is Cn1nnc(-c2ccc(NC=C3C(=O)OC(C)(C)OC3=O)cc2)n1. The average molecular weight is 329 g/mol. The minimum absolute atomic E-state index is 0.200. The number of benzene rings is 1. The Kier molecular flexibility index (Phi) is 3.76. The highest BCUT2D eigenvalue weighted by atomic mass is 16.7. The number of hydrogen-bond donors (Lipinski definition) is 1. The first-order valence-corrected chi connectivity index (χ1v) is 7.12. The third kappa shape index (κ3) is 3.24. The molecule has 0 aliphatic carbocycles. The van der Waals surface area contributed by atoms with Gasteiger partial charge in [0, 0.05) is 31.3 Å². The van der Waals surface area contributed by atoms with Gasteiger partial charge in [-0.15, -0.1) is 10.2 Å². The third-order valence-electron chi connectivity index (χ3n) is 3.15. The van der Waals surface area contributed by atoms with Crippen molar-refractivity contribution in [3.8, 4) is 11.4 Å². The third-order valence-corrected chi connectivity index (χ3v) is 3.15. The maximum absolute atomic E-state index is 11.8. The van der Waals surface area contributed by atoms with E-state index < -0.39 is 17.7 Å². The van der Waals surface area contributed by atoms with Crippen molar-refractivity contribution < 1.29 is 19.1 Å². The van der Waals surface area contributed by atoms with Crippen LogP contribution in [0, 0.1) is 0 Å². The van der Waals surface area contributed by atoms with E-state index in [-0.39, 0.29) is 5.57 Å². The van der Waals surface area contributed by atoms with Crippen molar-refractivity contribution in [3.05, 3.63) is 36.0 Å². The number of hydrogen-bond acceptors (Lipinski definition) is 8. The molecule has 0 unspecified atom stereocenters. The molecule has 1 N–H and O–H groups in total. The Morgan fingerprint density at radius 2 is 1.75 bits per heavy atom. The Morgan fingerprint density at radius 1 is 1.12 bits per heavy atom. The Labute approximate surface area is 137 Å². The minimum atomic E-state index is -1.25. The smallest absolute Gasteiger partial charge is 0.350 e. The molecule has 124 valence electrons. The number of rotatable bonds is 3. The normalized spacial score (nSPS) is 16.4. The van der Waals surface area contributed by atoms with Crippen molar-refractivity contribution >= 4 is 17.6 Å². The maximum Gasteiger partial charge on any atom is 0.350 e. The lowest BCUT2D eigenvalue weighted by Gasteiger charge is -2.29. The predicted octanol–water partition coefficient (Wildman–Crippen LogP) is 1.01. The summed E-state index contributed by atoms with van der Waals surface area (Å²) in [6.45, 7) is 2.98. The van der Waals surface area contributed by atoms with Crippen molar-refractivity contribution in [3.63, 3.8) is 0 Å². The van der Waals surface area contributed by atoms with Crippen LogP contribution in [0.2, 0.25) is 0 Å². The molecule has 2 heterocycles. The van der Waals surface area contributed by atoms with Crippen LogP contribution in [0.15, 0.2) is 36.0 Å². The van der Waals surface area contributed by atoms with Gasteiger partial charge < -0.3 is 14.8 Å². The molecule has 0 atom stereocenters. The van der Waals surface area contributed by atoms with Gasteiger partial charge in [0.1, 0.15) is 0 Å². The van der Waals surface area contributed by atoms with Crippen LogP contribution >= 0.6 is 0 Å². The van der Waals surface area contributed by atoms with Crippen molar-refractivity contribution in [1.82, 2.24) is 20.2 Å². The molecule has 3 rings (SSSR count). The zero-order chi connectivity index (χ0) is 17.3. The molecule has 9 nitrogen and oxygen atoms in total. The molecule has 0 amide bonds. The fourth-order valence-electron chi connectivity index (χ4n) is 2.05. The summed E-state index contributed by atoms with van der Waals surface area (Å²) in [6.07, 6.45) is 1.26. The largest absolute Gasteiger partial charge is 0.419 e. The molecule has 0 saturated carbocycles. The number of carbonyl (C=O) groups is 2. The fourth-order valence-corrected chi connectivity index (χ4v) is 2.05. The number of nitrogens with one attached hydrogen (secondary N) is 1. The van der Waals surface area contributed by atoms with E-state index >= 15 is 0 Å². The topological polar surface area (TPSA) is 108 Å². The molecule has 1 aliphatic heterocycles. The molecule has 24 heavy (non-hydrogen) atoms. The summed E-state index contributed by atoms with van der Waals surface area (Å²) < 4.78 is 10.0. The lowest BCUT2D eigenvalue weighted by atomic mass is 10.2. The number of anilines is 1. The van der Waals surface area contributed by atoms with Crippen molar-refractivity contribution in [2.24, 2.45) is 7.05 Å². The van der Waals surface area contributed by atoms with Gasteiger partial charge in [-0.1, -0.05) is 0 Å². The van der Waals surface area contributed by atoms with E-state index in [9.17, 15) is 9.59 Å². The second kappa shape index (κ2) is 5.76. The van der Waals surface area contributed by atoms with Crippen LogP contribution in [0.25, 0.3) is 11.4 Å². The highest BCUT2D eigenvalue weighted by Crippen LogP contribution is 2.23. The van der Waals surface area contributed by atoms with E-state index in [0.717, 1.165) is 5.56 Å². The monoisotopic (exact) mass is 329 g/mol. The van der Waals surface area contributed by atoms with Gasteiger partial charge in [0.2, 0.25) is 5.82 Å². The van der Waals surface area contributed by atoms with Gasteiger partial charge in [-0.2, -0.15) is 4.80 Å². The molecule has 2 aromatic rings. The van der Waals surface area contributed by atoms with E-state index in [1.54, 1.807) is 31.3 Å². The highest BCUT2D eigenvalue weighted by Gasteiger charge is 2.38. The maximum atomic E-state index is 11.8. The fraction of sp³-hybridized carbons (Fsp3) is 0.267. The molecule has 1 aliphatic rings. The van der Waals surface area contributed by atoms with Crippen LogP contribution in [0.4, 0.5) is 5.69 Å². The van der Waals surface area contributed by atoms with E-state index in [1.807, 2.05) is 0 Å². The Morgan fingerprint density at radius 3 is 2.29 bits per heavy atom. The van der Waals surface area contributed by atoms with Gasteiger partial charge in [0.15, 0.2) is 5.57 Å². The number of esters is 2. The number of nitrogens with zero attached hydrogens (tertiary/aromatic N) is 4. The first kappa shape index (κ1) is 15.7. The molecular weight excluding hydrogens is 314 g/mol. The summed E-state index contributed by atoms with van der Waals surface area (Å²) in [5.74, 6) is -2.21. The number of carbonyl (C=O) groups excluding carboxylic acids is 2. The molecule has 0 spiro atoms. The number of ether oxygens (including phenoxy) is 2. The summed E-state index contributed by atoms with van der Waals surface area (Å²) >= 11 is 0. The van der Waals surface area contributed by atoms with Crippen LogP contribution in [0.5, 0.6) is 0 Å². The van der Waals surface area contributed by atoms with Gasteiger partial charge in [0.05, 0.1) is 7.05 Å². The summed E-state index contributed by atoms with van der Waals surface area (Å²) in [4.78, 5) is 25.0. The molecule has 1 fully saturated rings. The van der Waals surface area contributed by atoms with Gasteiger partial charge in [-0.05, 0) is 29.5 Å². The van der Waals surface area contributed by atoms with Gasteiger partial charge in [-0.3, -0.25) is 0 Å². The van der Waals surface area contributed by atoms with Gasteiger partial charge in [0.25, 0.3) is 5.79 Å². The van der Waals surface area contributed by atoms with E-state index in [0.29, 0.717) is 11.5 Å². The lowest BCUT2D eigenvalue weighted by molar-refractivity contribution is -0.222. The molecular formula is C15H15N5O4. The van der Waals surface area contributed by atoms with Gasteiger partial charge >= 0.3 is 11.9 Å². The molecule has 0 radical (unpaired) electrons. The highest BCUT2D eigenvalue weighted by molar-refractivity contribution is 6.15. The van der Waals surface area contributed by atoms with Crippen LogP contribution in [-0.4, -0.2) is 37.9 Å². The molecule has 1 aromatic heterocycles. The molecule has 0 bridgehead atoms. The number of cyclic esters (lactones) is 2. The summed E-state index contributed by atoms with van der Waals surface area (Å²) in [6, 6.07) is 7.09. The van der Waals surface area contributed by atoms with Crippen molar-refractivity contribution in [1.29, 1.82) is 0 Å². The molecule has 1 aromatic carbocycles. The molecule has 1 saturated heterocycles. The zero-order valence-corrected chi connectivity index (χ0v) is 13.3. The first-order chi connectivity index (χ1) is 11.3. The minimum Gasteiger partial charge on any atom is -0.419 e. The second-order valence-corrected chi connectivity index (χ2v) is 5.56. The number of aromatic nitrogens is 4. The molecule has 9 heteroatoms. The van der Waals surface area contributed by atoms with Gasteiger partial charge in [-0.25, -0.2) is 9.59 Å². The summed E-state index contributed by atoms with van der Waals surface area (Å²) in [5, 5.41) is 14.6. The van der Waals surface area contributed by atoms with Crippen molar-refractivity contribution in [2.75, 3.05) is 5.32 Å². The number of tetrazole rings is 1. The quantitative estimate of drug-likeness (QED) is 0.505. The Bertz CT molecular complexity index is 801. The second-order valence-electron chi connectivity index (χ2n) is 5.56. The van der Waals surface area contributed by atoms with Crippen molar-refractivity contribution in [2.45, 2.75) is 19.6 Å². The lowest BCUT2D eigenvalue weighted by Crippen LogP contribution is -2.42. The van der Waals surface area contributed by atoms with Crippen LogP contribution < -0.4 is 5.32 Å². The Hall–Kier alpha value is -3.23.